The molecule has 0 saturated carbocycles. The van der Waals surface area contributed by atoms with E-state index in [9.17, 15) is 4.39 Å². The highest BCUT2D eigenvalue weighted by Crippen LogP contribution is 2.30. The highest BCUT2D eigenvalue weighted by molar-refractivity contribution is 7.19. The van der Waals surface area contributed by atoms with Gasteiger partial charge in [0.25, 0.3) is 0 Å². The Morgan fingerprint density at radius 3 is 2.64 bits per heavy atom. The molecular formula is C14H11FN6S. The summed E-state index contributed by atoms with van der Waals surface area (Å²) in [6, 6.07) is 6.47. The Morgan fingerprint density at radius 1 is 1.09 bits per heavy atom. The molecule has 6 nitrogen and oxygen atoms in total. The van der Waals surface area contributed by atoms with Gasteiger partial charge in [0.1, 0.15) is 5.82 Å². The van der Waals surface area contributed by atoms with E-state index in [1.165, 1.54) is 17.4 Å². The van der Waals surface area contributed by atoms with Crippen molar-refractivity contribution in [3.63, 3.8) is 0 Å². The van der Waals surface area contributed by atoms with Crippen molar-refractivity contribution >= 4 is 16.3 Å². The molecule has 0 unspecified atom stereocenters. The third-order valence-electron chi connectivity index (χ3n) is 3.35. The van der Waals surface area contributed by atoms with Gasteiger partial charge in [-0.3, -0.25) is 4.68 Å². The first-order valence-corrected chi connectivity index (χ1v) is 7.43. The van der Waals surface area contributed by atoms with E-state index in [0.29, 0.717) is 16.3 Å². The second kappa shape index (κ2) is 4.70. The van der Waals surface area contributed by atoms with Gasteiger partial charge in [-0.15, -0.1) is 10.2 Å². The van der Waals surface area contributed by atoms with Crippen molar-refractivity contribution in [2.45, 2.75) is 6.92 Å². The van der Waals surface area contributed by atoms with E-state index in [0.717, 1.165) is 16.3 Å². The molecule has 0 fully saturated rings. The van der Waals surface area contributed by atoms with Crippen LogP contribution < -0.4 is 0 Å². The maximum atomic E-state index is 14.0. The lowest BCUT2D eigenvalue weighted by Crippen LogP contribution is -1.93. The van der Waals surface area contributed by atoms with Gasteiger partial charge < -0.3 is 0 Å². The van der Waals surface area contributed by atoms with E-state index in [1.54, 1.807) is 27.4 Å². The average Bonchev–Trinajstić information content (AvgIpc) is 3.13. The van der Waals surface area contributed by atoms with Gasteiger partial charge in [-0.1, -0.05) is 23.5 Å². The van der Waals surface area contributed by atoms with Crippen molar-refractivity contribution in [3.8, 4) is 22.0 Å². The predicted molar refractivity (Wildman–Crippen MR) is 81.0 cm³/mol. The Hall–Kier alpha value is -2.61. The van der Waals surface area contributed by atoms with Gasteiger partial charge in [-0.2, -0.15) is 14.7 Å². The number of nitrogens with zero attached hydrogens (tertiary/aromatic N) is 6. The first-order chi connectivity index (χ1) is 10.6. The predicted octanol–water partition coefficient (Wildman–Crippen LogP) is 2.70. The van der Waals surface area contributed by atoms with Crippen molar-refractivity contribution < 1.29 is 4.39 Å². The van der Waals surface area contributed by atoms with Crippen molar-refractivity contribution in [3.05, 3.63) is 42.0 Å². The molecule has 1 aromatic carbocycles. The van der Waals surface area contributed by atoms with Crippen LogP contribution in [0.4, 0.5) is 4.39 Å². The van der Waals surface area contributed by atoms with Crippen molar-refractivity contribution in [1.82, 2.24) is 29.6 Å². The fourth-order valence-electron chi connectivity index (χ4n) is 2.35. The van der Waals surface area contributed by atoms with Crippen LogP contribution in [0.5, 0.6) is 0 Å². The summed E-state index contributed by atoms with van der Waals surface area (Å²) in [5.41, 5.74) is 2.21. The Balaban J connectivity index is 1.90. The highest BCUT2D eigenvalue weighted by atomic mass is 32.1. The number of rotatable bonds is 2. The zero-order chi connectivity index (χ0) is 15.3. The number of hydrogen-bond acceptors (Lipinski definition) is 5. The van der Waals surface area contributed by atoms with Crippen molar-refractivity contribution in [2.75, 3.05) is 0 Å². The van der Waals surface area contributed by atoms with Crippen LogP contribution in [-0.4, -0.2) is 29.6 Å². The zero-order valence-electron chi connectivity index (χ0n) is 11.9. The molecule has 3 heterocycles. The normalized spacial score (nSPS) is 11.4. The fourth-order valence-corrected chi connectivity index (χ4v) is 3.25. The standard InChI is InChI=1S/C14H11FN6S/c1-8-10(7-20(2)18-8)13-19-21-12(16-17-14(21)22-13)9-5-3-4-6-11(9)15/h3-7H,1-2H3. The molecule has 4 aromatic rings. The van der Waals surface area contributed by atoms with Crippen LogP contribution in [0.1, 0.15) is 5.69 Å². The molecule has 0 amide bonds. The summed E-state index contributed by atoms with van der Waals surface area (Å²) in [6.45, 7) is 1.93. The first kappa shape index (κ1) is 13.1. The van der Waals surface area contributed by atoms with Crippen LogP contribution in [0.15, 0.2) is 30.5 Å². The van der Waals surface area contributed by atoms with Crippen molar-refractivity contribution in [2.24, 2.45) is 7.05 Å². The van der Waals surface area contributed by atoms with Gasteiger partial charge in [-0.05, 0) is 19.1 Å². The number of aromatic nitrogens is 6. The van der Waals surface area contributed by atoms with E-state index in [-0.39, 0.29) is 5.82 Å². The van der Waals surface area contributed by atoms with E-state index in [2.05, 4.69) is 20.4 Å². The molecule has 3 aromatic heterocycles. The Morgan fingerprint density at radius 2 is 1.91 bits per heavy atom. The van der Waals surface area contributed by atoms with Crippen LogP contribution in [0, 0.1) is 12.7 Å². The molecule has 0 aliphatic heterocycles. The summed E-state index contributed by atoms with van der Waals surface area (Å²) in [5, 5.41) is 17.8. The summed E-state index contributed by atoms with van der Waals surface area (Å²) in [5.74, 6) is 0.0565. The molecule has 0 spiro atoms. The van der Waals surface area contributed by atoms with Crippen LogP contribution in [0.25, 0.3) is 26.9 Å². The smallest absolute Gasteiger partial charge is 0.235 e. The number of aryl methyl sites for hydroxylation is 2. The number of hydrogen-bond donors (Lipinski definition) is 0. The van der Waals surface area contributed by atoms with Crippen molar-refractivity contribution in [1.29, 1.82) is 0 Å². The van der Waals surface area contributed by atoms with Gasteiger partial charge >= 0.3 is 0 Å². The Labute approximate surface area is 128 Å². The maximum Gasteiger partial charge on any atom is 0.235 e. The monoisotopic (exact) mass is 314 g/mol. The number of halogens is 1. The molecular weight excluding hydrogens is 303 g/mol. The summed E-state index contributed by atoms with van der Waals surface area (Å²) < 4.78 is 17.3. The van der Waals surface area contributed by atoms with Crippen LogP contribution in [0.2, 0.25) is 0 Å². The van der Waals surface area contributed by atoms with Crippen LogP contribution in [-0.2, 0) is 7.05 Å². The summed E-state index contributed by atoms with van der Waals surface area (Å²) in [6.07, 6.45) is 1.91. The lowest BCUT2D eigenvalue weighted by Gasteiger charge is -1.98. The topological polar surface area (TPSA) is 60.9 Å². The molecule has 22 heavy (non-hydrogen) atoms. The van der Waals surface area contributed by atoms with Gasteiger partial charge in [-0.25, -0.2) is 4.39 Å². The third-order valence-corrected chi connectivity index (χ3v) is 4.28. The second-order valence-corrected chi connectivity index (χ2v) is 5.86. The average molecular weight is 314 g/mol. The number of fused-ring (bicyclic) bond motifs is 1. The SMILES string of the molecule is Cc1nn(C)cc1-c1nn2c(-c3ccccc3F)nnc2s1. The molecule has 8 heteroatoms. The quantitative estimate of drug-likeness (QED) is 0.571. The van der Waals surface area contributed by atoms with Crippen LogP contribution in [0.3, 0.4) is 0 Å². The fraction of sp³-hybridized carbons (Fsp3) is 0.143. The number of benzene rings is 1. The van der Waals surface area contributed by atoms with E-state index < -0.39 is 0 Å². The molecule has 0 N–H and O–H groups in total. The molecule has 0 radical (unpaired) electrons. The minimum absolute atomic E-state index is 0.344. The Kier molecular flexibility index (Phi) is 2.80. The third kappa shape index (κ3) is 1.92. The van der Waals surface area contributed by atoms with E-state index in [1.807, 2.05) is 20.2 Å². The lowest BCUT2D eigenvalue weighted by molar-refractivity contribution is 0.629. The second-order valence-electron chi connectivity index (χ2n) is 4.91. The molecule has 0 saturated heterocycles. The molecule has 0 aliphatic rings. The van der Waals surface area contributed by atoms with Gasteiger partial charge in [0, 0.05) is 13.2 Å². The highest BCUT2D eigenvalue weighted by Gasteiger charge is 2.18. The van der Waals surface area contributed by atoms with Gasteiger partial charge in [0.2, 0.25) is 4.96 Å². The lowest BCUT2D eigenvalue weighted by atomic mass is 10.2. The molecule has 4 rings (SSSR count). The van der Waals surface area contributed by atoms with Gasteiger partial charge in [0.05, 0.1) is 16.8 Å². The molecule has 0 atom stereocenters. The minimum atomic E-state index is -0.344. The first-order valence-electron chi connectivity index (χ1n) is 6.61. The van der Waals surface area contributed by atoms with E-state index in [4.69, 9.17) is 0 Å². The largest absolute Gasteiger partial charge is 0.275 e. The Bertz CT molecular complexity index is 982. The van der Waals surface area contributed by atoms with E-state index >= 15 is 0 Å². The van der Waals surface area contributed by atoms with Gasteiger partial charge in [0.15, 0.2) is 10.8 Å². The van der Waals surface area contributed by atoms with Crippen LogP contribution >= 0.6 is 11.3 Å². The molecule has 0 bridgehead atoms. The molecule has 0 aliphatic carbocycles. The summed E-state index contributed by atoms with van der Waals surface area (Å²) >= 11 is 1.40. The molecule has 110 valence electrons. The summed E-state index contributed by atoms with van der Waals surface area (Å²) in [7, 11) is 1.86. The minimum Gasteiger partial charge on any atom is -0.275 e. The summed E-state index contributed by atoms with van der Waals surface area (Å²) in [4.78, 5) is 0.622. The zero-order valence-corrected chi connectivity index (χ0v) is 12.7. The maximum absolute atomic E-state index is 14.0.